The molecule has 138 valence electrons. The minimum atomic E-state index is -0.627. The number of aryl methyl sites for hydroxylation is 1. The van der Waals surface area contributed by atoms with Crippen LogP contribution in [-0.2, 0) is 4.79 Å². The number of methoxy groups -OCH3 is 1. The van der Waals surface area contributed by atoms with E-state index in [4.69, 9.17) is 25.8 Å². The molecule has 0 spiro atoms. The first-order valence-corrected chi connectivity index (χ1v) is 8.20. The number of nitro benzene ring substituents is 1. The normalized spacial score (nSPS) is 10.3. The third kappa shape index (κ3) is 5.35. The molecule has 0 radical (unpaired) electrons. The quantitative estimate of drug-likeness (QED) is 0.223. The molecule has 0 heterocycles. The van der Waals surface area contributed by atoms with Gasteiger partial charge in [-0.05, 0) is 49.2 Å². The lowest BCUT2D eigenvalue weighted by atomic mass is 10.2. The van der Waals surface area contributed by atoms with Crippen LogP contribution in [0.5, 0.6) is 17.2 Å². The zero-order valence-corrected chi connectivity index (χ0v) is 15.1. The summed E-state index contributed by atoms with van der Waals surface area (Å²) in [5, 5.41) is 11.7. The van der Waals surface area contributed by atoms with Gasteiger partial charge in [-0.3, -0.25) is 14.9 Å². The van der Waals surface area contributed by atoms with Crippen LogP contribution in [0.4, 0.5) is 5.69 Å². The van der Waals surface area contributed by atoms with Gasteiger partial charge in [-0.2, -0.15) is 0 Å². The van der Waals surface area contributed by atoms with Crippen molar-refractivity contribution in [3.05, 3.63) is 57.1 Å². The van der Waals surface area contributed by atoms with Crippen LogP contribution >= 0.6 is 11.6 Å². The van der Waals surface area contributed by atoms with Gasteiger partial charge in [0, 0.05) is 11.4 Å². The highest BCUT2D eigenvalue weighted by molar-refractivity contribution is 6.30. The van der Waals surface area contributed by atoms with Gasteiger partial charge in [-0.15, -0.1) is 0 Å². The zero-order valence-electron chi connectivity index (χ0n) is 14.4. The molecule has 0 N–H and O–H groups in total. The Morgan fingerprint density at radius 3 is 2.58 bits per heavy atom. The van der Waals surface area contributed by atoms with E-state index in [0.717, 1.165) is 5.56 Å². The van der Waals surface area contributed by atoms with Gasteiger partial charge in [0.25, 0.3) is 0 Å². The third-order valence-corrected chi connectivity index (χ3v) is 3.74. The van der Waals surface area contributed by atoms with Gasteiger partial charge in [-0.1, -0.05) is 11.6 Å². The number of halogens is 1. The summed E-state index contributed by atoms with van der Waals surface area (Å²) in [6, 6.07) is 9.30. The fourth-order valence-electron chi connectivity index (χ4n) is 2.20. The molecule has 0 aliphatic heterocycles. The molecule has 8 heteroatoms. The van der Waals surface area contributed by atoms with Crippen molar-refractivity contribution >= 4 is 23.3 Å². The third-order valence-electron chi connectivity index (χ3n) is 3.51. The molecule has 0 aromatic heterocycles. The van der Waals surface area contributed by atoms with Crippen molar-refractivity contribution in [2.45, 2.75) is 19.8 Å². The van der Waals surface area contributed by atoms with Crippen molar-refractivity contribution in [3.63, 3.8) is 0 Å². The first kappa shape index (κ1) is 19.5. The lowest BCUT2D eigenvalue weighted by molar-refractivity contribution is -0.385. The molecule has 0 amide bonds. The molecule has 0 bridgehead atoms. The van der Waals surface area contributed by atoms with Gasteiger partial charge in [0.15, 0.2) is 0 Å². The molecule has 0 saturated carbocycles. The topological polar surface area (TPSA) is 87.9 Å². The van der Waals surface area contributed by atoms with Crippen LogP contribution in [0.25, 0.3) is 0 Å². The summed E-state index contributed by atoms with van der Waals surface area (Å²) in [5.41, 5.74) is 0.569. The maximum Gasteiger partial charge on any atom is 0.315 e. The zero-order chi connectivity index (χ0) is 19.1. The minimum absolute atomic E-state index is 0.0653. The summed E-state index contributed by atoms with van der Waals surface area (Å²) in [7, 11) is 1.40. The fraction of sp³-hybridized carbons (Fsp3) is 0.278. The Bertz CT molecular complexity index is 808. The van der Waals surface area contributed by atoms with E-state index in [1.54, 1.807) is 18.2 Å². The van der Waals surface area contributed by atoms with Crippen molar-refractivity contribution in [3.8, 4) is 17.2 Å². The van der Waals surface area contributed by atoms with Crippen LogP contribution in [-0.4, -0.2) is 24.6 Å². The van der Waals surface area contributed by atoms with Crippen LogP contribution in [0, 0.1) is 17.0 Å². The predicted octanol–water partition coefficient (Wildman–Crippen LogP) is 4.33. The number of hydrogen-bond acceptors (Lipinski definition) is 6. The molecule has 0 atom stereocenters. The second-order valence-electron chi connectivity index (χ2n) is 5.43. The monoisotopic (exact) mass is 379 g/mol. The highest BCUT2D eigenvalue weighted by atomic mass is 35.5. The van der Waals surface area contributed by atoms with Gasteiger partial charge < -0.3 is 14.2 Å². The molecule has 0 fully saturated rings. The number of nitro groups is 1. The lowest BCUT2D eigenvalue weighted by Gasteiger charge is -2.09. The second-order valence-corrected chi connectivity index (χ2v) is 5.86. The van der Waals surface area contributed by atoms with E-state index >= 15 is 0 Å². The van der Waals surface area contributed by atoms with Crippen molar-refractivity contribution in [2.75, 3.05) is 13.7 Å². The first-order valence-electron chi connectivity index (χ1n) is 7.82. The van der Waals surface area contributed by atoms with E-state index < -0.39 is 10.9 Å². The summed E-state index contributed by atoms with van der Waals surface area (Å²) in [4.78, 5) is 22.4. The van der Waals surface area contributed by atoms with E-state index in [9.17, 15) is 14.9 Å². The molecule has 26 heavy (non-hydrogen) atoms. The molecule has 7 nitrogen and oxygen atoms in total. The summed E-state index contributed by atoms with van der Waals surface area (Å²) in [6.45, 7) is 2.18. The van der Waals surface area contributed by atoms with Crippen molar-refractivity contribution in [2.24, 2.45) is 0 Å². The lowest BCUT2D eigenvalue weighted by Crippen LogP contribution is -2.11. The first-order chi connectivity index (χ1) is 12.4. The molecule has 2 aromatic rings. The minimum Gasteiger partial charge on any atom is -0.496 e. The van der Waals surface area contributed by atoms with Crippen LogP contribution in [0.2, 0.25) is 5.02 Å². The standard InChI is InChI=1S/C18H18ClNO6/c1-12-10-13(19)5-7-16(12)25-9-3-4-18(21)26-17-8-6-14(24-2)11-15(17)20(22)23/h5-8,10-11H,3-4,9H2,1-2H3. The Kier molecular flexibility index (Phi) is 6.80. The highest BCUT2D eigenvalue weighted by Gasteiger charge is 2.19. The van der Waals surface area contributed by atoms with E-state index in [0.29, 0.717) is 29.5 Å². The van der Waals surface area contributed by atoms with Gasteiger partial charge in [0.1, 0.15) is 11.5 Å². The predicted molar refractivity (Wildman–Crippen MR) is 96.2 cm³/mol. The fourth-order valence-corrected chi connectivity index (χ4v) is 2.43. The number of rotatable bonds is 8. The molecule has 0 aliphatic carbocycles. The SMILES string of the molecule is COc1ccc(OC(=O)CCCOc2ccc(Cl)cc2C)c([N+](=O)[O-])c1. The molecule has 2 aromatic carbocycles. The van der Waals surface area contributed by atoms with Crippen LogP contribution in [0.3, 0.4) is 0 Å². The number of carbonyl (C=O) groups is 1. The molecular formula is C18H18ClNO6. The smallest absolute Gasteiger partial charge is 0.315 e. The van der Waals surface area contributed by atoms with Gasteiger partial charge in [0.05, 0.1) is 24.7 Å². The maximum absolute atomic E-state index is 11.9. The van der Waals surface area contributed by atoms with E-state index in [-0.39, 0.29) is 17.9 Å². The molecular weight excluding hydrogens is 362 g/mol. The Labute approximate surface area is 155 Å². The molecule has 2 rings (SSSR count). The summed E-state index contributed by atoms with van der Waals surface area (Å²) < 4.78 is 15.6. The van der Waals surface area contributed by atoms with Gasteiger partial charge in [0.2, 0.25) is 5.75 Å². The van der Waals surface area contributed by atoms with Crippen molar-refractivity contribution in [1.29, 1.82) is 0 Å². The van der Waals surface area contributed by atoms with Crippen LogP contribution in [0.15, 0.2) is 36.4 Å². The largest absolute Gasteiger partial charge is 0.496 e. The summed E-state index contributed by atoms with van der Waals surface area (Å²) in [6.07, 6.45) is 0.473. The Hall–Kier alpha value is -2.80. The average molecular weight is 380 g/mol. The van der Waals surface area contributed by atoms with Gasteiger partial charge in [-0.25, -0.2) is 0 Å². The molecule has 0 aliphatic rings. The maximum atomic E-state index is 11.9. The number of hydrogen-bond donors (Lipinski definition) is 0. The average Bonchev–Trinajstić information content (AvgIpc) is 2.60. The van der Waals surface area contributed by atoms with Crippen molar-refractivity contribution < 1.29 is 23.9 Å². The van der Waals surface area contributed by atoms with E-state index in [2.05, 4.69) is 0 Å². The highest BCUT2D eigenvalue weighted by Crippen LogP contribution is 2.31. The number of ether oxygens (including phenoxy) is 3. The summed E-state index contributed by atoms with van der Waals surface area (Å²) >= 11 is 5.88. The van der Waals surface area contributed by atoms with Crippen molar-refractivity contribution in [1.82, 2.24) is 0 Å². The Morgan fingerprint density at radius 1 is 1.19 bits per heavy atom. The number of benzene rings is 2. The second kappa shape index (κ2) is 9.05. The number of esters is 1. The van der Waals surface area contributed by atoms with E-state index in [1.807, 2.05) is 6.92 Å². The Morgan fingerprint density at radius 2 is 1.92 bits per heavy atom. The number of nitrogens with zero attached hydrogens (tertiary/aromatic N) is 1. The van der Waals surface area contributed by atoms with Crippen LogP contribution in [0.1, 0.15) is 18.4 Å². The Balaban J connectivity index is 1.86. The van der Waals surface area contributed by atoms with E-state index in [1.165, 1.54) is 25.3 Å². The van der Waals surface area contributed by atoms with Gasteiger partial charge >= 0.3 is 11.7 Å². The van der Waals surface area contributed by atoms with Crippen LogP contribution < -0.4 is 14.2 Å². The summed E-state index contributed by atoms with van der Waals surface area (Å²) in [5.74, 6) is 0.307. The molecule has 0 unspecified atom stereocenters. The number of carbonyl (C=O) groups excluding carboxylic acids is 1. The molecule has 0 saturated heterocycles.